The molecule has 10 aromatic rings. The molecule has 2 amide bonds. The largest absolute Gasteiger partial charge is 0.468 e. The first kappa shape index (κ1) is 102. The Kier molecular flexibility index (Phi) is 41.0. The van der Waals surface area contributed by atoms with Crippen molar-refractivity contribution in [3.05, 3.63) is 353 Å². The number of benzene rings is 10. The van der Waals surface area contributed by atoms with Gasteiger partial charge in [-0.15, -0.1) is 0 Å². The lowest BCUT2D eigenvalue weighted by molar-refractivity contribution is -0.336. The summed E-state index contributed by atoms with van der Waals surface area (Å²) in [4.78, 5) is 32.6. The lowest BCUT2D eigenvalue weighted by Crippen LogP contribution is -2.60. The zero-order chi connectivity index (χ0) is 94.4. The number of alkyl halides is 3. The molecule has 24 heteroatoms. The Bertz CT molecular complexity index is 4970. The summed E-state index contributed by atoms with van der Waals surface area (Å²) in [7, 11) is 0. The van der Waals surface area contributed by atoms with Crippen LogP contribution in [0.1, 0.15) is 112 Å². The molecule has 134 heavy (non-hydrogen) atoms. The third kappa shape index (κ3) is 31.8. The van der Waals surface area contributed by atoms with Crippen molar-refractivity contribution in [1.82, 2.24) is 9.80 Å². The highest BCUT2D eigenvalue weighted by molar-refractivity contribution is 5.84. The lowest BCUT2D eigenvalue weighted by atomic mass is 9.78. The standard InChI is InChI=1S/C48H61NO8.C45H52F3NO7.C17H19NO3/c1-34-35(2)43(32-51-29-40-20-12-7-13-21-40)55-47(37(34)4)57-45-36(3)38(5)46(56-44(45)33-52-30-41-22-14-8-15-23-41)53-27-26-49(28-39-18-10-6-11-19-39)48(50)54-31-42-24-16-9-17-25-42;1-30-31(2)38(28-50-25-34-17-9-5-10-18-34)53-42(32(30)3)55-40-33(4)41(52-27-36-21-13-7-14-22-36)43(54-39(40)29-51-26-35-19-11-6-12-20-35)56-44(45(46,47)48)49-37-23-15-8-16-24-37;19-12-11-18(13-15-7-3-1-4-8-15)17(20)21-14-16-9-5-2-6-10-16/h6-25,34-38,43-47H,26-33H2,1-5H3;5-24,30-33,38-43H,25-29H2,1-4H3;1-10,19H,11-14H2/t34-,35-,36+,37?,38?,43?,44?,45+,46-,47+;30-,31-,32?,33-,38?,39?,40+,41?,42+,43?;/m00./s1. The van der Waals surface area contributed by atoms with Crippen molar-refractivity contribution in [2.75, 3.05) is 52.7 Å². The van der Waals surface area contributed by atoms with Gasteiger partial charge < -0.3 is 86.0 Å². The first-order valence-corrected chi connectivity index (χ1v) is 46.8. The topological polar surface area (TPSA) is 212 Å². The number of aliphatic hydroxyl groups excluding tert-OH is 1. The summed E-state index contributed by atoms with van der Waals surface area (Å²) >= 11 is 0. The monoisotopic (exact) mass is 1840 g/mol. The maximum Gasteiger partial charge on any atom is 0.468 e. The molecule has 1 N–H and O–H groups in total. The fraction of sp³-hybridized carbons (Fsp3) is 0.427. The van der Waals surface area contributed by atoms with Crippen molar-refractivity contribution in [3.8, 4) is 0 Å². The quantitative estimate of drug-likeness (QED) is 0.0280. The number of amides is 2. The first-order valence-electron chi connectivity index (χ1n) is 46.8. The van der Waals surface area contributed by atoms with Gasteiger partial charge in [0.25, 0.3) is 5.90 Å². The van der Waals surface area contributed by atoms with Crippen LogP contribution in [0.25, 0.3) is 0 Å². The second-order valence-electron chi connectivity index (χ2n) is 35.2. The van der Waals surface area contributed by atoms with Crippen molar-refractivity contribution in [3.63, 3.8) is 0 Å². The van der Waals surface area contributed by atoms with Gasteiger partial charge in [-0.3, -0.25) is 0 Å². The van der Waals surface area contributed by atoms with E-state index >= 15 is 0 Å². The number of carbonyl (C=O) groups excluding carboxylic acids is 2. The molecule has 0 spiro atoms. The third-order valence-corrected chi connectivity index (χ3v) is 25.7. The molecule has 0 aromatic heterocycles. The summed E-state index contributed by atoms with van der Waals surface area (Å²) in [5.41, 5.74) is 9.03. The molecule has 4 saturated heterocycles. The van der Waals surface area contributed by atoms with E-state index in [0.29, 0.717) is 71.1 Å². The van der Waals surface area contributed by atoms with E-state index < -0.39 is 79.8 Å². The second kappa shape index (κ2) is 53.7. The van der Waals surface area contributed by atoms with Gasteiger partial charge in [0, 0.05) is 49.9 Å². The third-order valence-electron chi connectivity index (χ3n) is 25.7. The number of aliphatic hydroxyl groups is 1. The van der Waals surface area contributed by atoms with Crippen molar-refractivity contribution in [1.29, 1.82) is 0 Å². The number of para-hydroxylation sites is 1. The lowest BCUT2D eigenvalue weighted by Gasteiger charge is -2.49. The Balaban J connectivity index is 0.000000199. The van der Waals surface area contributed by atoms with Crippen molar-refractivity contribution in [2.24, 2.45) is 58.3 Å². The van der Waals surface area contributed by atoms with Crippen LogP contribution in [0.15, 0.2) is 308 Å². The summed E-state index contributed by atoms with van der Waals surface area (Å²) < 4.78 is 139. The van der Waals surface area contributed by atoms with E-state index in [1.807, 2.05) is 256 Å². The van der Waals surface area contributed by atoms with Crippen LogP contribution in [0.2, 0.25) is 0 Å². The predicted octanol–water partition coefficient (Wildman–Crippen LogP) is 21.8. The smallest absolute Gasteiger partial charge is 0.445 e. The Labute approximate surface area is 788 Å². The molecule has 10 aromatic carbocycles. The minimum Gasteiger partial charge on any atom is -0.445 e. The van der Waals surface area contributed by atoms with Crippen LogP contribution in [0.5, 0.6) is 0 Å². The molecule has 0 aliphatic carbocycles. The van der Waals surface area contributed by atoms with Crippen molar-refractivity contribution in [2.45, 2.75) is 196 Å². The number of hydrogen-bond acceptors (Lipinski definition) is 19. The zero-order valence-electron chi connectivity index (χ0n) is 78.3. The van der Waals surface area contributed by atoms with Gasteiger partial charge in [0.15, 0.2) is 18.9 Å². The summed E-state index contributed by atoms with van der Waals surface area (Å²) in [5, 5.41) is 9.10. The maximum absolute atomic E-state index is 14.6. The Morgan fingerprint density at radius 1 is 0.321 bits per heavy atom. The Morgan fingerprint density at radius 3 is 0.978 bits per heavy atom. The maximum atomic E-state index is 14.6. The van der Waals surface area contributed by atoms with Crippen LogP contribution >= 0.6 is 0 Å². The SMILES string of the molecule is CC1[C@@H](O[C@H]2C(COCc3ccccc3)OC(OC(=Nc3ccccc3)C(F)(F)F)C(OCc3ccccc3)[C@H]2C)OC(COCc2ccccc2)[C@@H](C)[C@@H]1C.CC1[C@@H](O[C@H]2C(COCc3ccccc3)O[C@H](OCCN(Cc3ccccc3)C(=O)OCc3ccccc3)C(C)[C@H]2C)OC(COCc2ccccc2)[C@@H](C)[C@@H]1C.O=C(OCc1ccccc1)N(CCO)Cc1ccccc1. The van der Waals surface area contributed by atoms with E-state index in [4.69, 9.17) is 76.2 Å². The van der Waals surface area contributed by atoms with E-state index in [0.717, 1.165) is 50.1 Å². The molecule has 0 radical (unpaired) electrons. The number of rotatable bonds is 39. The zero-order valence-corrected chi connectivity index (χ0v) is 78.3. The molecule has 4 fully saturated rings. The van der Waals surface area contributed by atoms with E-state index in [1.165, 1.54) is 17.0 Å². The van der Waals surface area contributed by atoms with Crippen LogP contribution in [0.3, 0.4) is 0 Å². The number of halogens is 3. The Morgan fingerprint density at radius 2 is 0.619 bits per heavy atom. The highest BCUT2D eigenvalue weighted by atomic mass is 19.4. The number of nitrogens with zero attached hydrogens (tertiary/aromatic N) is 3. The number of hydrogen-bond donors (Lipinski definition) is 1. The normalized spacial score (nSPS) is 25.2. The molecule has 716 valence electrons. The van der Waals surface area contributed by atoms with E-state index in [9.17, 15) is 22.8 Å². The van der Waals surface area contributed by atoms with Crippen LogP contribution in [-0.4, -0.2) is 160 Å². The average molecular weight is 1840 g/mol. The minimum absolute atomic E-state index is 0.00299. The van der Waals surface area contributed by atoms with Gasteiger partial charge in [0.2, 0.25) is 6.29 Å². The molecule has 9 unspecified atom stereocenters. The molecule has 4 aliphatic heterocycles. The van der Waals surface area contributed by atoms with Gasteiger partial charge in [-0.2, -0.15) is 13.2 Å². The highest BCUT2D eigenvalue weighted by Crippen LogP contribution is 2.43. The summed E-state index contributed by atoms with van der Waals surface area (Å²) in [6, 6.07) is 96.0. The van der Waals surface area contributed by atoms with Crippen LogP contribution < -0.4 is 0 Å². The molecule has 0 bridgehead atoms. The molecule has 4 aliphatic rings. The Hall–Kier alpha value is -10.5. The first-order chi connectivity index (χ1) is 65.1. The van der Waals surface area contributed by atoms with E-state index in [1.54, 1.807) is 23.1 Å². The van der Waals surface area contributed by atoms with Gasteiger partial charge in [0.05, 0.1) is 103 Å². The van der Waals surface area contributed by atoms with Gasteiger partial charge in [-0.1, -0.05) is 353 Å². The van der Waals surface area contributed by atoms with Crippen molar-refractivity contribution < 1.29 is 98.9 Å². The fourth-order valence-corrected chi connectivity index (χ4v) is 16.8. The summed E-state index contributed by atoms with van der Waals surface area (Å²) in [6.45, 7) is 24.4. The number of ether oxygens (including phenoxy) is 15. The minimum atomic E-state index is -4.92. The molecule has 21 nitrogen and oxygen atoms in total. The molecule has 14 rings (SSSR count). The van der Waals surface area contributed by atoms with Gasteiger partial charge in [0.1, 0.15) is 31.5 Å². The van der Waals surface area contributed by atoms with Crippen LogP contribution in [0, 0.1) is 53.3 Å². The number of carbonyl (C=O) groups is 2. The van der Waals surface area contributed by atoms with Crippen LogP contribution in [-0.2, 0) is 130 Å². The van der Waals surface area contributed by atoms with Crippen LogP contribution in [0.4, 0.5) is 28.4 Å². The summed E-state index contributed by atoms with van der Waals surface area (Å²) in [5.74, 6) is -0.799. The molecular formula is C110H132F3N3O18. The highest BCUT2D eigenvalue weighted by Gasteiger charge is 2.53. The molecule has 20 atom stereocenters. The summed E-state index contributed by atoms with van der Waals surface area (Å²) in [6.07, 6.45) is -12.6. The van der Waals surface area contributed by atoms with Gasteiger partial charge in [-0.25, -0.2) is 14.6 Å². The molecular weight excluding hydrogens is 1710 g/mol. The van der Waals surface area contributed by atoms with E-state index in [-0.39, 0.29) is 112 Å². The second-order valence-corrected chi connectivity index (χ2v) is 35.2. The molecule has 4 heterocycles. The van der Waals surface area contributed by atoms with Gasteiger partial charge >= 0.3 is 18.4 Å². The molecule has 0 saturated carbocycles. The van der Waals surface area contributed by atoms with Gasteiger partial charge in [-0.05, 0) is 91.8 Å². The van der Waals surface area contributed by atoms with E-state index in [2.05, 4.69) is 84.6 Å². The number of aliphatic imine (C=N–C) groups is 1. The average Bonchev–Trinajstić information content (AvgIpc) is 0.807. The predicted molar refractivity (Wildman–Crippen MR) is 507 cm³/mol. The fourth-order valence-electron chi connectivity index (χ4n) is 16.8. The van der Waals surface area contributed by atoms with Crippen molar-refractivity contribution >= 4 is 23.8 Å².